The van der Waals surface area contributed by atoms with Gasteiger partial charge in [-0.3, -0.25) is 9.59 Å². The Bertz CT molecular complexity index is 508. The number of rotatable bonds is 4. The summed E-state index contributed by atoms with van der Waals surface area (Å²) < 4.78 is 5.27. The highest BCUT2D eigenvalue weighted by atomic mass is 16.5. The van der Waals surface area contributed by atoms with Gasteiger partial charge in [-0.2, -0.15) is 0 Å². The molecule has 0 spiro atoms. The number of nitrogens with one attached hydrogen (secondary N) is 1. The van der Waals surface area contributed by atoms with Gasteiger partial charge in [0.05, 0.1) is 7.11 Å². The number of hydrogen-bond donors (Lipinski definition) is 1. The second kappa shape index (κ2) is 7.11. The van der Waals surface area contributed by atoms with E-state index in [2.05, 4.69) is 5.32 Å². The maximum absolute atomic E-state index is 12.2. The summed E-state index contributed by atoms with van der Waals surface area (Å²) in [6.07, 6.45) is 1.47. The van der Waals surface area contributed by atoms with E-state index in [0.29, 0.717) is 19.6 Å². The van der Waals surface area contributed by atoms with Crippen molar-refractivity contribution in [1.82, 2.24) is 10.2 Å². The second-order valence-electron chi connectivity index (χ2n) is 5.31. The molecule has 1 aromatic rings. The van der Waals surface area contributed by atoms with Crippen LogP contribution in [0.3, 0.4) is 0 Å². The number of ether oxygens (including phenoxy) is 1. The van der Waals surface area contributed by atoms with Crippen molar-refractivity contribution in [1.29, 1.82) is 0 Å². The number of benzene rings is 1. The van der Waals surface area contributed by atoms with Crippen molar-refractivity contribution in [2.24, 2.45) is 5.92 Å². The third kappa shape index (κ3) is 3.97. The van der Waals surface area contributed by atoms with Crippen LogP contribution in [0, 0.1) is 5.92 Å². The first-order valence-electron chi connectivity index (χ1n) is 7.27. The van der Waals surface area contributed by atoms with E-state index < -0.39 is 0 Å². The number of carbonyl (C=O) groups excluding carboxylic acids is 2. The Morgan fingerprint density at radius 3 is 2.57 bits per heavy atom. The van der Waals surface area contributed by atoms with E-state index >= 15 is 0 Å². The molecule has 0 atom stereocenters. The predicted octanol–water partition coefficient (Wildman–Crippen LogP) is 1.57. The second-order valence-corrected chi connectivity index (χ2v) is 5.31. The van der Waals surface area contributed by atoms with Gasteiger partial charge in [-0.15, -0.1) is 0 Å². The lowest BCUT2D eigenvalue weighted by molar-refractivity contribution is -0.134. The number of methoxy groups -OCH3 is 1. The quantitative estimate of drug-likeness (QED) is 0.915. The van der Waals surface area contributed by atoms with Crippen molar-refractivity contribution in [2.75, 3.05) is 20.2 Å². The topological polar surface area (TPSA) is 58.6 Å². The van der Waals surface area contributed by atoms with Crippen LogP contribution < -0.4 is 10.1 Å². The molecule has 21 heavy (non-hydrogen) atoms. The molecular formula is C16H22N2O3. The first kappa shape index (κ1) is 15.4. The van der Waals surface area contributed by atoms with Crippen LogP contribution in [-0.4, -0.2) is 36.9 Å². The van der Waals surface area contributed by atoms with Gasteiger partial charge >= 0.3 is 0 Å². The molecule has 1 aliphatic heterocycles. The number of likely N-dealkylation sites (tertiary alicyclic amines) is 1. The highest BCUT2D eigenvalue weighted by molar-refractivity contribution is 5.79. The largest absolute Gasteiger partial charge is 0.496 e. The Morgan fingerprint density at radius 2 is 1.95 bits per heavy atom. The molecule has 2 amide bonds. The van der Waals surface area contributed by atoms with Crippen molar-refractivity contribution in [3.63, 3.8) is 0 Å². The Hall–Kier alpha value is -2.04. The van der Waals surface area contributed by atoms with Crippen LogP contribution in [0.25, 0.3) is 0 Å². The molecule has 1 N–H and O–H groups in total. The number of nitrogens with zero attached hydrogens (tertiary/aromatic N) is 1. The minimum absolute atomic E-state index is 0.00435. The van der Waals surface area contributed by atoms with Crippen LogP contribution in [0.5, 0.6) is 5.75 Å². The van der Waals surface area contributed by atoms with Crippen LogP contribution in [0.2, 0.25) is 0 Å². The molecular weight excluding hydrogens is 268 g/mol. The first-order valence-corrected chi connectivity index (χ1v) is 7.27. The Balaban J connectivity index is 1.84. The predicted molar refractivity (Wildman–Crippen MR) is 79.8 cm³/mol. The average Bonchev–Trinajstić information content (AvgIpc) is 2.52. The van der Waals surface area contributed by atoms with E-state index in [0.717, 1.165) is 24.2 Å². The molecule has 0 aliphatic carbocycles. The van der Waals surface area contributed by atoms with Crippen LogP contribution in [0.15, 0.2) is 24.3 Å². The molecule has 1 saturated heterocycles. The van der Waals surface area contributed by atoms with Gasteiger partial charge in [0.2, 0.25) is 11.8 Å². The standard InChI is InChI=1S/C16H22N2O3/c1-12(19)18-9-7-13(8-10-18)16(20)17-11-14-5-3-4-6-15(14)21-2/h3-6,13H,7-11H2,1-2H3,(H,17,20). The number of carbonyl (C=O) groups is 2. The first-order chi connectivity index (χ1) is 10.1. The van der Waals surface area contributed by atoms with E-state index in [1.807, 2.05) is 24.3 Å². The molecule has 1 fully saturated rings. The van der Waals surface area contributed by atoms with Crippen molar-refractivity contribution in [3.05, 3.63) is 29.8 Å². The minimum Gasteiger partial charge on any atom is -0.496 e. The normalized spacial score (nSPS) is 15.6. The van der Waals surface area contributed by atoms with Crippen LogP contribution in [-0.2, 0) is 16.1 Å². The molecule has 5 nitrogen and oxygen atoms in total. The zero-order chi connectivity index (χ0) is 15.2. The van der Waals surface area contributed by atoms with E-state index in [1.165, 1.54) is 0 Å². The highest BCUT2D eigenvalue weighted by Gasteiger charge is 2.25. The van der Waals surface area contributed by atoms with Gasteiger partial charge in [-0.25, -0.2) is 0 Å². The number of hydrogen-bond acceptors (Lipinski definition) is 3. The van der Waals surface area contributed by atoms with Crippen molar-refractivity contribution >= 4 is 11.8 Å². The molecule has 0 saturated carbocycles. The summed E-state index contributed by atoms with van der Waals surface area (Å²) >= 11 is 0. The zero-order valence-corrected chi connectivity index (χ0v) is 12.6. The summed E-state index contributed by atoms with van der Waals surface area (Å²) in [6.45, 7) is 3.38. The van der Waals surface area contributed by atoms with E-state index in [9.17, 15) is 9.59 Å². The number of para-hydroxylation sites is 1. The molecule has 0 unspecified atom stereocenters. The van der Waals surface area contributed by atoms with Gasteiger partial charge in [0.1, 0.15) is 5.75 Å². The van der Waals surface area contributed by atoms with Crippen molar-refractivity contribution < 1.29 is 14.3 Å². The van der Waals surface area contributed by atoms with E-state index in [-0.39, 0.29) is 17.7 Å². The van der Waals surface area contributed by atoms with Gasteiger partial charge in [0.25, 0.3) is 0 Å². The molecule has 2 rings (SSSR count). The smallest absolute Gasteiger partial charge is 0.223 e. The Labute approximate surface area is 125 Å². The molecule has 1 aromatic carbocycles. The summed E-state index contributed by atoms with van der Waals surface area (Å²) in [5.74, 6) is 0.923. The fourth-order valence-electron chi connectivity index (χ4n) is 2.63. The van der Waals surface area contributed by atoms with Gasteiger partial charge in [-0.1, -0.05) is 18.2 Å². The summed E-state index contributed by atoms with van der Waals surface area (Å²) in [7, 11) is 1.62. The van der Waals surface area contributed by atoms with Crippen LogP contribution >= 0.6 is 0 Å². The molecule has 114 valence electrons. The lowest BCUT2D eigenvalue weighted by Crippen LogP contribution is -2.42. The summed E-state index contributed by atoms with van der Waals surface area (Å²) in [5.41, 5.74) is 0.967. The monoisotopic (exact) mass is 290 g/mol. The lowest BCUT2D eigenvalue weighted by atomic mass is 9.96. The molecule has 5 heteroatoms. The van der Waals surface area contributed by atoms with Crippen LogP contribution in [0.1, 0.15) is 25.3 Å². The van der Waals surface area contributed by atoms with Crippen molar-refractivity contribution in [3.8, 4) is 5.75 Å². The van der Waals surface area contributed by atoms with Gasteiger partial charge in [-0.05, 0) is 18.9 Å². The third-order valence-electron chi connectivity index (χ3n) is 3.96. The number of piperidine rings is 1. The summed E-state index contributed by atoms with van der Waals surface area (Å²) in [5, 5.41) is 2.97. The van der Waals surface area contributed by atoms with E-state index in [4.69, 9.17) is 4.74 Å². The van der Waals surface area contributed by atoms with Crippen molar-refractivity contribution in [2.45, 2.75) is 26.3 Å². The SMILES string of the molecule is COc1ccccc1CNC(=O)C1CCN(C(C)=O)CC1. The third-order valence-corrected chi connectivity index (χ3v) is 3.96. The fraction of sp³-hybridized carbons (Fsp3) is 0.500. The fourth-order valence-corrected chi connectivity index (χ4v) is 2.63. The minimum atomic E-state index is -0.00435. The number of amides is 2. The highest BCUT2D eigenvalue weighted by Crippen LogP contribution is 2.19. The average molecular weight is 290 g/mol. The Kier molecular flexibility index (Phi) is 5.20. The Morgan fingerprint density at radius 1 is 1.29 bits per heavy atom. The molecule has 0 bridgehead atoms. The molecule has 1 aliphatic rings. The van der Waals surface area contributed by atoms with Gasteiger partial charge in [0.15, 0.2) is 0 Å². The van der Waals surface area contributed by atoms with E-state index in [1.54, 1.807) is 18.9 Å². The zero-order valence-electron chi connectivity index (χ0n) is 12.6. The molecule has 0 radical (unpaired) electrons. The van der Waals surface area contributed by atoms with Gasteiger partial charge < -0.3 is 15.0 Å². The van der Waals surface area contributed by atoms with Gasteiger partial charge in [0, 0.05) is 38.0 Å². The molecule has 0 aromatic heterocycles. The summed E-state index contributed by atoms with van der Waals surface area (Å²) in [4.78, 5) is 25.3. The molecule has 1 heterocycles. The summed E-state index contributed by atoms with van der Waals surface area (Å²) in [6, 6.07) is 7.65. The lowest BCUT2D eigenvalue weighted by Gasteiger charge is -2.30. The maximum Gasteiger partial charge on any atom is 0.223 e. The maximum atomic E-state index is 12.2. The van der Waals surface area contributed by atoms with Crippen LogP contribution in [0.4, 0.5) is 0 Å².